The van der Waals surface area contributed by atoms with Crippen molar-refractivity contribution in [2.75, 3.05) is 6.54 Å². The smallest absolute Gasteiger partial charge is 0.320 e. The van der Waals surface area contributed by atoms with E-state index < -0.39 is 6.03 Å². The van der Waals surface area contributed by atoms with Crippen molar-refractivity contribution in [1.82, 2.24) is 4.90 Å². The van der Waals surface area contributed by atoms with Gasteiger partial charge in [0.05, 0.1) is 0 Å². The fourth-order valence-electron chi connectivity index (χ4n) is 0.671. The largest absolute Gasteiger partial charge is 0.351 e. The van der Waals surface area contributed by atoms with Gasteiger partial charge in [-0.25, -0.2) is 4.79 Å². The molecule has 0 atom stereocenters. The molecule has 4 nitrogen and oxygen atoms in total. The minimum Gasteiger partial charge on any atom is -0.351 e. The zero-order valence-corrected chi connectivity index (χ0v) is 6.35. The van der Waals surface area contributed by atoms with Crippen LogP contribution in [0.15, 0.2) is 0 Å². The van der Waals surface area contributed by atoms with E-state index in [9.17, 15) is 4.79 Å². The molecule has 0 aromatic carbocycles. The molecule has 2 amide bonds. The average Bonchev–Trinajstić information content (AvgIpc) is 1.88. The third kappa shape index (κ3) is 2.05. The lowest BCUT2D eigenvalue weighted by Crippen LogP contribution is -2.39. The number of amidine groups is 1. The monoisotopic (exact) mass is 143 g/mol. The summed E-state index contributed by atoms with van der Waals surface area (Å²) in [5.74, 6) is 0.273. The molecule has 0 aromatic heterocycles. The molecule has 0 saturated heterocycles. The van der Waals surface area contributed by atoms with Crippen LogP contribution in [0.2, 0.25) is 0 Å². The number of hydrogen-bond donors (Lipinski definition) is 2. The van der Waals surface area contributed by atoms with E-state index in [0.29, 0.717) is 13.0 Å². The Balaban J connectivity index is 4.06. The molecule has 0 aliphatic rings. The zero-order valence-electron chi connectivity index (χ0n) is 6.35. The normalized spacial score (nSPS) is 9.00. The van der Waals surface area contributed by atoms with Gasteiger partial charge in [-0.1, -0.05) is 6.92 Å². The number of carbonyl (C=O) groups is 1. The Morgan fingerprint density at radius 1 is 1.60 bits per heavy atom. The molecule has 4 heteroatoms. The van der Waals surface area contributed by atoms with Crippen LogP contribution in [0.1, 0.15) is 20.3 Å². The summed E-state index contributed by atoms with van der Waals surface area (Å²) >= 11 is 0. The molecule has 0 rings (SSSR count). The zero-order chi connectivity index (χ0) is 8.15. The number of hydrogen-bond acceptors (Lipinski definition) is 2. The summed E-state index contributed by atoms with van der Waals surface area (Å²) in [6.07, 6.45) is 0.538. The molecule has 0 spiro atoms. The fraction of sp³-hybridized carbons (Fsp3) is 0.667. The van der Waals surface area contributed by atoms with E-state index in [-0.39, 0.29) is 5.84 Å². The van der Waals surface area contributed by atoms with Crippen LogP contribution in [0.5, 0.6) is 0 Å². The third-order valence-corrected chi connectivity index (χ3v) is 1.24. The topological polar surface area (TPSA) is 70.2 Å². The maximum Gasteiger partial charge on any atom is 0.320 e. The van der Waals surface area contributed by atoms with Crippen molar-refractivity contribution in [3.8, 4) is 0 Å². The highest BCUT2D eigenvalue weighted by molar-refractivity contribution is 5.94. The van der Waals surface area contributed by atoms with Crippen LogP contribution >= 0.6 is 0 Å². The van der Waals surface area contributed by atoms with Crippen molar-refractivity contribution in [3.05, 3.63) is 0 Å². The van der Waals surface area contributed by atoms with Gasteiger partial charge in [-0.3, -0.25) is 10.3 Å². The van der Waals surface area contributed by atoms with Crippen molar-refractivity contribution in [2.24, 2.45) is 5.73 Å². The molecule has 10 heavy (non-hydrogen) atoms. The minimum absolute atomic E-state index is 0.273. The number of urea groups is 1. The molecule has 0 radical (unpaired) electrons. The highest BCUT2D eigenvalue weighted by Gasteiger charge is 2.09. The second-order valence-corrected chi connectivity index (χ2v) is 1.88. The lowest BCUT2D eigenvalue weighted by atomic mass is 10.4. The quantitative estimate of drug-likeness (QED) is 0.435. The van der Waals surface area contributed by atoms with Crippen molar-refractivity contribution in [1.29, 1.82) is 5.41 Å². The van der Waals surface area contributed by atoms with Gasteiger partial charge in [-0.2, -0.15) is 0 Å². The molecule has 0 bridgehead atoms. The van der Waals surface area contributed by atoms with Gasteiger partial charge in [0.25, 0.3) is 0 Å². The molecule has 0 saturated carbocycles. The lowest BCUT2D eigenvalue weighted by Gasteiger charge is -2.17. The Kier molecular flexibility index (Phi) is 3.46. The fourth-order valence-corrected chi connectivity index (χ4v) is 0.671. The molecule has 0 aromatic rings. The summed E-state index contributed by atoms with van der Waals surface area (Å²) in [5, 5.41) is 7.25. The van der Waals surface area contributed by atoms with Crippen LogP contribution in [0.3, 0.4) is 0 Å². The number of nitrogens with one attached hydrogen (secondary N) is 1. The Morgan fingerprint density at radius 2 is 2.10 bits per heavy atom. The number of rotatable bonds is 2. The van der Waals surface area contributed by atoms with Crippen molar-refractivity contribution in [2.45, 2.75) is 20.3 Å². The van der Waals surface area contributed by atoms with E-state index in [4.69, 9.17) is 11.1 Å². The van der Waals surface area contributed by atoms with E-state index in [2.05, 4.69) is 0 Å². The first-order valence-electron chi connectivity index (χ1n) is 3.27. The first-order chi connectivity index (χ1) is 4.63. The summed E-state index contributed by atoms with van der Waals surface area (Å²) in [7, 11) is 0. The van der Waals surface area contributed by atoms with Crippen LogP contribution in [0.4, 0.5) is 4.79 Å². The van der Waals surface area contributed by atoms with Crippen LogP contribution in [-0.4, -0.2) is 23.3 Å². The summed E-state index contributed by atoms with van der Waals surface area (Å²) in [4.78, 5) is 11.8. The van der Waals surface area contributed by atoms with E-state index >= 15 is 0 Å². The minimum atomic E-state index is -0.547. The number of primary amides is 1. The molecule has 0 aliphatic heterocycles. The van der Waals surface area contributed by atoms with Gasteiger partial charge in [0.1, 0.15) is 5.84 Å². The summed E-state index contributed by atoms with van der Waals surface area (Å²) < 4.78 is 0. The summed E-state index contributed by atoms with van der Waals surface area (Å²) in [5.41, 5.74) is 4.97. The second kappa shape index (κ2) is 3.87. The van der Waals surface area contributed by atoms with Gasteiger partial charge in [0, 0.05) is 13.0 Å². The molecule has 0 aliphatic carbocycles. The first kappa shape index (κ1) is 8.94. The number of nitrogens with zero attached hydrogens (tertiary/aromatic N) is 1. The highest BCUT2D eigenvalue weighted by Crippen LogP contribution is 1.92. The Bertz CT molecular complexity index is 144. The molecule has 0 fully saturated rings. The van der Waals surface area contributed by atoms with Gasteiger partial charge in [0.15, 0.2) is 0 Å². The molecular weight excluding hydrogens is 130 g/mol. The maximum atomic E-state index is 10.5. The van der Waals surface area contributed by atoms with Crippen molar-refractivity contribution >= 4 is 11.9 Å². The second-order valence-electron chi connectivity index (χ2n) is 1.88. The van der Waals surface area contributed by atoms with Crippen LogP contribution in [0.25, 0.3) is 0 Å². The lowest BCUT2D eigenvalue weighted by molar-refractivity contribution is 0.230. The van der Waals surface area contributed by atoms with E-state index in [1.165, 1.54) is 4.90 Å². The van der Waals surface area contributed by atoms with E-state index in [1.807, 2.05) is 6.92 Å². The van der Waals surface area contributed by atoms with Gasteiger partial charge in [-0.15, -0.1) is 0 Å². The van der Waals surface area contributed by atoms with Gasteiger partial charge in [-0.05, 0) is 6.92 Å². The van der Waals surface area contributed by atoms with Crippen LogP contribution in [0, 0.1) is 5.41 Å². The molecule has 3 N–H and O–H groups in total. The standard InChI is InChI=1S/C6H13N3O/c1-3-5(7)9(4-2)6(8)10/h7H,3-4H2,1-2H3,(H2,8,10). The Morgan fingerprint density at radius 3 is 2.20 bits per heavy atom. The SMILES string of the molecule is CCC(=N)N(CC)C(N)=O. The Hall–Kier alpha value is -1.06. The van der Waals surface area contributed by atoms with Gasteiger partial charge >= 0.3 is 6.03 Å². The number of amides is 2. The maximum absolute atomic E-state index is 10.5. The molecular formula is C6H13N3O. The Labute approximate surface area is 60.5 Å². The number of carbonyl (C=O) groups excluding carboxylic acids is 1. The predicted octanol–water partition coefficient (Wildman–Crippen LogP) is 0.774. The highest BCUT2D eigenvalue weighted by atomic mass is 16.2. The number of nitrogens with two attached hydrogens (primary N) is 1. The van der Waals surface area contributed by atoms with Crippen LogP contribution in [-0.2, 0) is 0 Å². The summed E-state index contributed by atoms with van der Waals surface area (Å²) in [6.45, 7) is 4.07. The summed E-state index contributed by atoms with van der Waals surface area (Å²) in [6, 6.07) is -0.547. The molecule has 0 heterocycles. The van der Waals surface area contributed by atoms with Crippen LogP contribution < -0.4 is 5.73 Å². The molecule has 0 unspecified atom stereocenters. The molecule has 58 valence electrons. The third-order valence-electron chi connectivity index (χ3n) is 1.24. The average molecular weight is 143 g/mol. The van der Waals surface area contributed by atoms with Crippen molar-refractivity contribution < 1.29 is 4.79 Å². The van der Waals surface area contributed by atoms with E-state index in [1.54, 1.807) is 6.92 Å². The van der Waals surface area contributed by atoms with Gasteiger partial charge < -0.3 is 5.73 Å². The van der Waals surface area contributed by atoms with Crippen molar-refractivity contribution in [3.63, 3.8) is 0 Å². The van der Waals surface area contributed by atoms with Gasteiger partial charge in [0.2, 0.25) is 0 Å². The predicted molar refractivity (Wildman–Crippen MR) is 40.0 cm³/mol. The van der Waals surface area contributed by atoms with E-state index in [0.717, 1.165) is 0 Å². The first-order valence-corrected chi connectivity index (χ1v) is 3.27.